The molecule has 258 valence electrons. The van der Waals surface area contributed by atoms with Crippen molar-refractivity contribution in [2.24, 2.45) is 0 Å². The maximum Gasteiger partial charge on any atom is 0.164 e. The van der Waals surface area contributed by atoms with Crippen molar-refractivity contribution in [3.05, 3.63) is 206 Å². The van der Waals surface area contributed by atoms with Crippen molar-refractivity contribution < 1.29 is 5.48 Å². The Labute approximate surface area is 325 Å². The van der Waals surface area contributed by atoms with Gasteiger partial charge in [0.2, 0.25) is 0 Å². The van der Waals surface area contributed by atoms with Gasteiger partial charge >= 0.3 is 0 Å². The first-order valence-electron chi connectivity index (χ1n) is 20.2. The molecule has 0 saturated heterocycles. The van der Waals surface area contributed by atoms with Gasteiger partial charge in [-0.25, -0.2) is 15.0 Å². The van der Waals surface area contributed by atoms with Crippen LogP contribution in [0.5, 0.6) is 0 Å². The minimum absolute atomic E-state index is 0.0611. The van der Waals surface area contributed by atoms with Crippen LogP contribution in [0.1, 0.15) is 5.48 Å². The third-order valence-electron chi connectivity index (χ3n) is 9.98. The zero-order chi connectivity index (χ0) is 40.0. The second kappa shape index (κ2) is 13.8. The molecule has 10 rings (SSSR count). The first-order chi connectivity index (χ1) is 28.9. The number of aromatic nitrogens is 4. The Morgan fingerprint density at radius 2 is 0.836 bits per heavy atom. The zero-order valence-electron chi connectivity index (χ0n) is 33.6. The minimum Gasteiger partial charge on any atom is -0.309 e. The van der Waals surface area contributed by atoms with Gasteiger partial charge in [-0.15, -0.1) is 0 Å². The van der Waals surface area contributed by atoms with Crippen molar-refractivity contribution in [1.82, 2.24) is 19.5 Å². The summed E-state index contributed by atoms with van der Waals surface area (Å²) in [4.78, 5) is 14.7. The van der Waals surface area contributed by atoms with Crippen LogP contribution in [0.25, 0.3) is 95.0 Å². The third-order valence-corrected chi connectivity index (χ3v) is 9.98. The van der Waals surface area contributed by atoms with E-state index in [-0.39, 0.29) is 24.2 Å². The normalized spacial score (nSPS) is 12.3. The van der Waals surface area contributed by atoms with Gasteiger partial charge in [0.1, 0.15) is 0 Å². The first-order valence-corrected chi connectivity index (χ1v) is 18.2. The van der Waals surface area contributed by atoms with Gasteiger partial charge in [-0.1, -0.05) is 170 Å². The van der Waals surface area contributed by atoms with Gasteiger partial charge in [-0.3, -0.25) is 0 Å². The average molecular weight is 707 g/mol. The summed E-state index contributed by atoms with van der Waals surface area (Å²) in [7, 11) is 0. The van der Waals surface area contributed by atoms with E-state index in [1.54, 1.807) is 0 Å². The lowest BCUT2D eigenvalue weighted by molar-refractivity contribution is 1.07. The van der Waals surface area contributed by atoms with Crippen LogP contribution >= 0.6 is 0 Å². The molecular formula is C51H34N4. The summed E-state index contributed by atoms with van der Waals surface area (Å²) in [5.41, 5.74) is 10.6. The highest BCUT2D eigenvalue weighted by Crippen LogP contribution is 2.40. The Balaban J connectivity index is 1.09. The molecule has 0 fully saturated rings. The molecule has 0 saturated carbocycles. The highest BCUT2D eigenvalue weighted by atomic mass is 15.0. The second-order valence-electron chi connectivity index (χ2n) is 13.4. The van der Waals surface area contributed by atoms with Gasteiger partial charge in [0.25, 0.3) is 0 Å². The van der Waals surface area contributed by atoms with Gasteiger partial charge in [0, 0.05) is 33.2 Å². The molecule has 0 amide bonds. The van der Waals surface area contributed by atoms with Crippen LogP contribution in [0.2, 0.25) is 0 Å². The average Bonchev–Trinajstić information content (AvgIpc) is 3.67. The standard InChI is InChI=1S/C51H34N4/c1-4-15-35(16-5-1)39-21-12-23-41(33-39)44-26-14-28-47-48(44)45-25-10-11-27-46(45)55(47)43-31-29-36(30-32-43)40-22-13-24-42(34-40)51-53-49(37-17-6-2-7-18-37)52-50(54-51)38-19-8-3-9-20-38/h1-34H/i10D,11D,25D,27D. The van der Waals surface area contributed by atoms with E-state index in [0.29, 0.717) is 28.4 Å². The molecule has 4 nitrogen and oxygen atoms in total. The Morgan fingerprint density at radius 3 is 1.47 bits per heavy atom. The maximum absolute atomic E-state index is 9.16. The van der Waals surface area contributed by atoms with Crippen molar-refractivity contribution in [1.29, 1.82) is 0 Å². The highest BCUT2D eigenvalue weighted by Gasteiger charge is 2.17. The zero-order valence-corrected chi connectivity index (χ0v) is 29.6. The predicted octanol–water partition coefficient (Wildman–Crippen LogP) is 13.0. The van der Waals surface area contributed by atoms with Crippen LogP contribution in [-0.4, -0.2) is 19.5 Å². The van der Waals surface area contributed by atoms with Crippen LogP contribution in [-0.2, 0) is 0 Å². The molecule has 0 unspecified atom stereocenters. The molecule has 55 heavy (non-hydrogen) atoms. The SMILES string of the molecule is [2H]c1c([2H])c([2H])c2c(c1[2H])c1c(-c3cccc(-c4ccccc4)c3)cccc1n2-c1ccc(-c2cccc(-c3nc(-c4ccccc4)nc(-c4ccccc4)n3)c2)cc1. The summed E-state index contributed by atoms with van der Waals surface area (Å²) >= 11 is 0. The minimum atomic E-state index is -0.267. The molecule has 0 atom stereocenters. The second-order valence-corrected chi connectivity index (χ2v) is 13.4. The van der Waals surface area contributed by atoms with Crippen LogP contribution in [0.15, 0.2) is 206 Å². The number of fused-ring (bicyclic) bond motifs is 3. The van der Waals surface area contributed by atoms with Crippen LogP contribution in [0.4, 0.5) is 0 Å². The predicted molar refractivity (Wildman–Crippen MR) is 227 cm³/mol. The summed E-state index contributed by atoms with van der Waals surface area (Å²) in [6.45, 7) is 0. The molecule has 8 aromatic carbocycles. The van der Waals surface area contributed by atoms with E-state index in [1.165, 1.54) is 0 Å². The number of nitrogens with zero attached hydrogens (tertiary/aromatic N) is 4. The van der Waals surface area contributed by atoms with Crippen LogP contribution < -0.4 is 0 Å². The maximum atomic E-state index is 9.16. The van der Waals surface area contributed by atoms with Crippen LogP contribution in [0, 0.1) is 0 Å². The fourth-order valence-electron chi connectivity index (χ4n) is 7.35. The molecule has 2 aromatic heterocycles. The number of benzene rings is 8. The summed E-state index contributed by atoms with van der Waals surface area (Å²) in [5, 5.41) is 1.27. The van der Waals surface area contributed by atoms with Gasteiger partial charge in [-0.2, -0.15) is 0 Å². The van der Waals surface area contributed by atoms with E-state index >= 15 is 0 Å². The smallest absolute Gasteiger partial charge is 0.164 e. The molecule has 0 spiro atoms. The van der Waals surface area contributed by atoms with E-state index in [4.69, 9.17) is 20.4 Å². The summed E-state index contributed by atoms with van der Waals surface area (Å²) in [6.07, 6.45) is 0. The largest absolute Gasteiger partial charge is 0.309 e. The van der Waals surface area contributed by atoms with Crippen molar-refractivity contribution in [3.63, 3.8) is 0 Å². The molecule has 0 aliphatic rings. The molecule has 0 bridgehead atoms. The molecule has 0 N–H and O–H groups in total. The topological polar surface area (TPSA) is 43.6 Å². The number of para-hydroxylation sites is 1. The molecule has 0 radical (unpaired) electrons. The number of hydrogen-bond acceptors (Lipinski definition) is 3. The van der Waals surface area contributed by atoms with Gasteiger partial charge < -0.3 is 4.57 Å². The summed E-state index contributed by atoms with van der Waals surface area (Å²) in [5.74, 6) is 1.77. The van der Waals surface area contributed by atoms with Crippen molar-refractivity contribution >= 4 is 21.8 Å². The van der Waals surface area contributed by atoms with E-state index in [1.807, 2.05) is 144 Å². The lowest BCUT2D eigenvalue weighted by Gasteiger charge is -2.11. The number of rotatable bonds is 7. The molecule has 2 heterocycles. The van der Waals surface area contributed by atoms with Crippen LogP contribution in [0.3, 0.4) is 0 Å². The van der Waals surface area contributed by atoms with E-state index in [2.05, 4.69) is 42.5 Å². The van der Waals surface area contributed by atoms with Gasteiger partial charge in [0.15, 0.2) is 17.5 Å². The molecular weight excluding hydrogens is 669 g/mol. The Kier molecular flexibility index (Phi) is 7.08. The highest BCUT2D eigenvalue weighted by molar-refractivity contribution is 6.15. The quantitative estimate of drug-likeness (QED) is 0.166. The monoisotopic (exact) mass is 706 g/mol. The van der Waals surface area contributed by atoms with Gasteiger partial charge in [0.05, 0.1) is 16.5 Å². The summed E-state index contributed by atoms with van der Waals surface area (Å²) < 4.78 is 37.6. The van der Waals surface area contributed by atoms with Crippen molar-refractivity contribution in [3.8, 4) is 73.2 Å². The Morgan fingerprint density at radius 1 is 0.364 bits per heavy atom. The molecule has 0 aliphatic carbocycles. The Bertz CT molecular complexity index is 3130. The fourth-order valence-corrected chi connectivity index (χ4v) is 7.35. The summed E-state index contributed by atoms with van der Waals surface area (Å²) in [6, 6.07) is 60.0. The van der Waals surface area contributed by atoms with E-state index in [9.17, 15) is 0 Å². The van der Waals surface area contributed by atoms with Crippen molar-refractivity contribution in [2.75, 3.05) is 0 Å². The van der Waals surface area contributed by atoms with E-state index < -0.39 is 0 Å². The van der Waals surface area contributed by atoms with E-state index in [0.717, 1.165) is 66.7 Å². The Hall–Kier alpha value is -7.43. The third kappa shape index (κ3) is 6.06. The van der Waals surface area contributed by atoms with Gasteiger partial charge in [-0.05, 0) is 69.8 Å². The first kappa shape index (κ1) is 28.1. The molecule has 0 aliphatic heterocycles. The molecule has 10 aromatic rings. The number of hydrogen-bond donors (Lipinski definition) is 0. The lowest BCUT2D eigenvalue weighted by Crippen LogP contribution is -2.00. The van der Waals surface area contributed by atoms with Crippen molar-refractivity contribution in [2.45, 2.75) is 0 Å². The fraction of sp³-hybridized carbons (Fsp3) is 0. The molecule has 4 heteroatoms. The lowest BCUT2D eigenvalue weighted by atomic mass is 9.96.